The number of aliphatic hydroxyl groups excluding tert-OH is 1. The predicted molar refractivity (Wildman–Crippen MR) is 75.7 cm³/mol. The molecule has 0 unspecified atom stereocenters. The second-order valence-electron chi connectivity index (χ2n) is 3.81. The molecule has 0 radical (unpaired) electrons. The van der Waals surface area contributed by atoms with Crippen molar-refractivity contribution < 1.29 is 5.11 Å². The van der Waals surface area contributed by atoms with E-state index in [1.54, 1.807) is 0 Å². The van der Waals surface area contributed by atoms with Crippen LogP contribution in [-0.2, 0) is 0 Å². The Morgan fingerprint density at radius 1 is 0.882 bits per heavy atom. The lowest BCUT2D eigenvalue weighted by atomic mass is 10.1. The molecule has 17 heavy (non-hydrogen) atoms. The van der Waals surface area contributed by atoms with E-state index in [-0.39, 0.29) is 0 Å². The summed E-state index contributed by atoms with van der Waals surface area (Å²) in [5.74, 6) is 5.93. The van der Waals surface area contributed by atoms with Crippen LogP contribution in [0.3, 0.4) is 0 Å². The third-order valence-electron chi connectivity index (χ3n) is 2.23. The zero-order chi connectivity index (χ0) is 12.6. The van der Waals surface area contributed by atoms with Crippen LogP contribution in [0.5, 0.6) is 0 Å². The smallest absolute Gasteiger partial charge is 0.0431 e. The zero-order valence-electron chi connectivity index (χ0n) is 10.9. The number of hydrogen-bond donors (Lipinski definition) is 1. The van der Waals surface area contributed by atoms with E-state index in [9.17, 15) is 0 Å². The second-order valence-corrected chi connectivity index (χ2v) is 3.81. The number of aliphatic hydroxyl groups is 1. The first kappa shape index (κ1) is 15.7. The van der Waals surface area contributed by atoms with E-state index in [1.807, 2.05) is 24.3 Å². The van der Waals surface area contributed by atoms with Crippen LogP contribution in [0.1, 0.15) is 45.4 Å². The summed E-state index contributed by atoms with van der Waals surface area (Å²) in [6.07, 6.45) is 18.5. The van der Waals surface area contributed by atoms with Gasteiger partial charge < -0.3 is 5.11 Å². The lowest BCUT2D eigenvalue weighted by Gasteiger charge is -1.94. The molecule has 0 rings (SSSR count). The average molecular weight is 232 g/mol. The van der Waals surface area contributed by atoms with Crippen LogP contribution >= 0.6 is 0 Å². The highest BCUT2D eigenvalue weighted by atomic mass is 16.2. The Bertz CT molecular complexity index is 286. The fourth-order valence-electron chi connectivity index (χ4n) is 1.28. The fraction of sp³-hybridized carbons (Fsp3) is 0.500. The highest BCUT2D eigenvalue weighted by Crippen LogP contribution is 2.02. The van der Waals surface area contributed by atoms with Gasteiger partial charge in [-0.15, -0.1) is 0 Å². The average Bonchev–Trinajstić information content (AvgIpc) is 2.35. The van der Waals surface area contributed by atoms with E-state index in [2.05, 4.69) is 30.9 Å². The maximum absolute atomic E-state index is 8.60. The summed E-state index contributed by atoms with van der Waals surface area (Å²) in [4.78, 5) is 0. The molecular formula is C16H24O. The fourth-order valence-corrected chi connectivity index (χ4v) is 1.28. The molecule has 0 spiro atoms. The molecule has 0 aromatic carbocycles. The molecule has 1 N–H and O–H groups in total. The van der Waals surface area contributed by atoms with Gasteiger partial charge in [0.25, 0.3) is 0 Å². The highest BCUT2D eigenvalue weighted by molar-refractivity contribution is 5.25. The number of allylic oxidation sites excluding steroid dienone is 6. The van der Waals surface area contributed by atoms with Crippen LogP contribution in [0, 0.1) is 11.8 Å². The van der Waals surface area contributed by atoms with Gasteiger partial charge in [-0.1, -0.05) is 55.9 Å². The van der Waals surface area contributed by atoms with Gasteiger partial charge in [-0.05, 0) is 37.8 Å². The molecule has 1 nitrogen and oxygen atoms in total. The summed E-state index contributed by atoms with van der Waals surface area (Å²) < 4.78 is 0. The van der Waals surface area contributed by atoms with Crippen molar-refractivity contribution >= 4 is 0 Å². The lowest BCUT2D eigenvalue weighted by molar-refractivity contribution is 0.282. The van der Waals surface area contributed by atoms with Gasteiger partial charge in [0.15, 0.2) is 0 Å². The summed E-state index contributed by atoms with van der Waals surface area (Å²) in [6, 6.07) is 0. The van der Waals surface area contributed by atoms with Crippen LogP contribution in [0.2, 0.25) is 0 Å². The van der Waals surface area contributed by atoms with Crippen molar-refractivity contribution in [2.24, 2.45) is 0 Å². The molecule has 0 aromatic heterocycles. The SMILES string of the molecule is CC/C=C\C=C\C#C/C=C/CCCCCCO. The Morgan fingerprint density at radius 3 is 2.41 bits per heavy atom. The molecule has 0 amide bonds. The third kappa shape index (κ3) is 14.7. The van der Waals surface area contributed by atoms with Gasteiger partial charge in [0.05, 0.1) is 0 Å². The Labute approximate surface area is 106 Å². The summed E-state index contributed by atoms with van der Waals surface area (Å²) in [5.41, 5.74) is 0. The first-order valence-electron chi connectivity index (χ1n) is 6.50. The first-order chi connectivity index (χ1) is 8.41. The van der Waals surface area contributed by atoms with E-state index in [0.717, 1.165) is 25.7 Å². The van der Waals surface area contributed by atoms with E-state index in [1.165, 1.54) is 12.8 Å². The molecule has 0 saturated heterocycles. The number of hydrogen-bond acceptors (Lipinski definition) is 1. The second kappa shape index (κ2) is 14.7. The normalized spacial score (nSPS) is 11.4. The van der Waals surface area contributed by atoms with Gasteiger partial charge in [0, 0.05) is 6.61 Å². The molecule has 0 aromatic rings. The molecule has 94 valence electrons. The lowest BCUT2D eigenvalue weighted by Crippen LogP contribution is -1.82. The predicted octanol–water partition coefficient (Wildman–Crippen LogP) is 4.01. The maximum Gasteiger partial charge on any atom is 0.0431 e. The van der Waals surface area contributed by atoms with Crippen molar-refractivity contribution in [2.75, 3.05) is 6.61 Å². The number of unbranched alkanes of at least 4 members (excludes halogenated alkanes) is 4. The molecule has 0 atom stereocenters. The Morgan fingerprint density at radius 2 is 1.65 bits per heavy atom. The van der Waals surface area contributed by atoms with E-state index in [4.69, 9.17) is 5.11 Å². The van der Waals surface area contributed by atoms with Gasteiger partial charge in [-0.25, -0.2) is 0 Å². The molecule has 0 aliphatic rings. The Hall–Kier alpha value is -1.26. The standard InChI is InChI=1S/C16H24O/c1-2-3-4-5-6-7-8-9-10-11-12-13-14-15-16-17/h3-6,9-10,17H,2,11-16H2,1H3/b4-3-,6-5+,10-9+. The van der Waals surface area contributed by atoms with E-state index in [0.29, 0.717) is 6.61 Å². The monoisotopic (exact) mass is 232 g/mol. The minimum Gasteiger partial charge on any atom is -0.396 e. The highest BCUT2D eigenvalue weighted by Gasteiger charge is 1.85. The van der Waals surface area contributed by atoms with Crippen LogP contribution < -0.4 is 0 Å². The topological polar surface area (TPSA) is 20.2 Å². The summed E-state index contributed by atoms with van der Waals surface area (Å²) in [7, 11) is 0. The molecule has 0 heterocycles. The van der Waals surface area contributed by atoms with Crippen molar-refractivity contribution in [3.05, 3.63) is 36.5 Å². The zero-order valence-corrected chi connectivity index (χ0v) is 10.9. The summed E-state index contributed by atoms with van der Waals surface area (Å²) >= 11 is 0. The molecule has 1 heteroatoms. The van der Waals surface area contributed by atoms with Crippen LogP contribution in [-0.4, -0.2) is 11.7 Å². The van der Waals surface area contributed by atoms with Gasteiger partial charge >= 0.3 is 0 Å². The third-order valence-corrected chi connectivity index (χ3v) is 2.23. The quantitative estimate of drug-likeness (QED) is 0.381. The molecule has 0 bridgehead atoms. The van der Waals surface area contributed by atoms with Crippen LogP contribution in [0.25, 0.3) is 0 Å². The van der Waals surface area contributed by atoms with Crippen LogP contribution in [0.4, 0.5) is 0 Å². The summed E-state index contributed by atoms with van der Waals surface area (Å²) in [6.45, 7) is 2.43. The molecule has 0 saturated carbocycles. The van der Waals surface area contributed by atoms with E-state index < -0.39 is 0 Å². The minimum absolute atomic E-state index is 0.320. The van der Waals surface area contributed by atoms with Crippen molar-refractivity contribution in [2.45, 2.75) is 45.4 Å². The molecular weight excluding hydrogens is 208 g/mol. The van der Waals surface area contributed by atoms with Crippen LogP contribution in [0.15, 0.2) is 36.5 Å². The van der Waals surface area contributed by atoms with Crippen molar-refractivity contribution in [3.8, 4) is 11.8 Å². The van der Waals surface area contributed by atoms with Gasteiger partial charge in [-0.2, -0.15) is 0 Å². The largest absolute Gasteiger partial charge is 0.396 e. The Kier molecular flexibility index (Phi) is 13.6. The molecule has 0 fully saturated rings. The van der Waals surface area contributed by atoms with Gasteiger partial charge in [-0.3, -0.25) is 0 Å². The summed E-state index contributed by atoms with van der Waals surface area (Å²) in [5, 5.41) is 8.60. The maximum atomic E-state index is 8.60. The minimum atomic E-state index is 0.320. The van der Waals surface area contributed by atoms with Gasteiger partial charge in [0.1, 0.15) is 0 Å². The van der Waals surface area contributed by atoms with Gasteiger partial charge in [0.2, 0.25) is 0 Å². The van der Waals surface area contributed by atoms with Crippen molar-refractivity contribution in [3.63, 3.8) is 0 Å². The molecule has 0 aliphatic heterocycles. The van der Waals surface area contributed by atoms with Crippen molar-refractivity contribution in [1.29, 1.82) is 0 Å². The van der Waals surface area contributed by atoms with E-state index >= 15 is 0 Å². The first-order valence-corrected chi connectivity index (χ1v) is 6.50. The molecule has 0 aliphatic carbocycles. The number of rotatable bonds is 8. The Balaban J connectivity index is 3.44. The van der Waals surface area contributed by atoms with Crippen molar-refractivity contribution in [1.82, 2.24) is 0 Å².